The van der Waals surface area contributed by atoms with Crippen molar-refractivity contribution in [2.45, 2.75) is 20.3 Å². The zero-order valence-corrected chi connectivity index (χ0v) is 22.3. The lowest BCUT2D eigenvalue weighted by Gasteiger charge is -2.20. The third-order valence-electron chi connectivity index (χ3n) is 5.88. The van der Waals surface area contributed by atoms with E-state index in [0.29, 0.717) is 47.2 Å². The molecule has 2 rings (SSSR count). The third-order valence-corrected chi connectivity index (χ3v) is 5.88. The Balaban J connectivity index is 2.31. The van der Waals surface area contributed by atoms with Crippen molar-refractivity contribution in [2.75, 3.05) is 41.5 Å². The monoisotopic (exact) mass is 509 g/mol. The highest BCUT2D eigenvalue weighted by atomic mass is 16.5. The molecule has 0 unspecified atom stereocenters. The molecule has 37 heavy (non-hydrogen) atoms. The Morgan fingerprint density at radius 1 is 0.703 bits per heavy atom. The molecule has 0 aromatic heterocycles. The van der Waals surface area contributed by atoms with Gasteiger partial charge in [0.15, 0.2) is 34.6 Å². The van der Waals surface area contributed by atoms with Crippen molar-refractivity contribution in [2.24, 2.45) is 5.92 Å². The Hall–Kier alpha value is -4.07. The molecule has 2 aromatic carbocycles. The summed E-state index contributed by atoms with van der Waals surface area (Å²) in [5, 5.41) is 0. The molecule has 8 heteroatoms. The van der Waals surface area contributed by atoms with E-state index < -0.39 is 17.5 Å². The van der Waals surface area contributed by atoms with Gasteiger partial charge < -0.3 is 23.8 Å². The van der Waals surface area contributed by atoms with Crippen LogP contribution in [0.15, 0.2) is 48.6 Å². The van der Waals surface area contributed by atoms with E-state index in [2.05, 4.69) is 0 Å². The van der Waals surface area contributed by atoms with Gasteiger partial charge in [-0.15, -0.1) is 0 Å². The van der Waals surface area contributed by atoms with Crippen LogP contribution in [0.1, 0.15) is 31.4 Å². The first-order valence-corrected chi connectivity index (χ1v) is 12.0. The van der Waals surface area contributed by atoms with E-state index in [-0.39, 0.29) is 12.3 Å². The summed E-state index contributed by atoms with van der Waals surface area (Å²) in [4.78, 5) is 40.7. The van der Waals surface area contributed by atoms with Gasteiger partial charge in [0, 0.05) is 19.5 Å². The van der Waals surface area contributed by atoms with Crippen LogP contribution in [-0.4, -0.2) is 63.9 Å². The quantitative estimate of drug-likeness (QED) is 0.274. The normalized spacial score (nSPS) is 11.8. The molecule has 2 aromatic rings. The van der Waals surface area contributed by atoms with Crippen LogP contribution in [0.4, 0.5) is 0 Å². The molecule has 0 radical (unpaired) electrons. The molecule has 8 nitrogen and oxygen atoms in total. The summed E-state index contributed by atoms with van der Waals surface area (Å²) in [7, 11) is 6.12. The average molecular weight is 510 g/mol. The Morgan fingerprint density at radius 2 is 1.11 bits per heavy atom. The molecule has 0 atom stereocenters. The van der Waals surface area contributed by atoms with E-state index >= 15 is 0 Å². The molecule has 0 N–H and O–H groups in total. The predicted octanol–water partition coefficient (Wildman–Crippen LogP) is 4.46. The zero-order chi connectivity index (χ0) is 27.4. The molecule has 0 saturated carbocycles. The van der Waals surface area contributed by atoms with Gasteiger partial charge in [-0.2, -0.15) is 0 Å². The van der Waals surface area contributed by atoms with E-state index in [0.717, 1.165) is 0 Å². The summed E-state index contributed by atoms with van der Waals surface area (Å²) < 4.78 is 21.1. The van der Waals surface area contributed by atoms with Crippen LogP contribution in [0.3, 0.4) is 0 Å². The maximum atomic E-state index is 13.2. The smallest absolute Gasteiger partial charge is 0.223 e. The van der Waals surface area contributed by atoms with E-state index in [4.69, 9.17) is 18.9 Å². The van der Waals surface area contributed by atoms with Crippen LogP contribution < -0.4 is 18.9 Å². The number of benzene rings is 2. The molecule has 1 amide bonds. The average Bonchev–Trinajstić information content (AvgIpc) is 2.93. The summed E-state index contributed by atoms with van der Waals surface area (Å²) >= 11 is 0. The second kappa shape index (κ2) is 14.5. The van der Waals surface area contributed by atoms with E-state index in [1.54, 1.807) is 53.5 Å². The number of methoxy groups -OCH3 is 4. The first-order chi connectivity index (χ1) is 17.8. The molecule has 0 aliphatic carbocycles. The maximum absolute atomic E-state index is 13.2. The molecule has 0 heterocycles. The van der Waals surface area contributed by atoms with Gasteiger partial charge in [-0.05, 0) is 61.4 Å². The molecule has 0 spiro atoms. The summed E-state index contributed by atoms with van der Waals surface area (Å²) in [5.41, 5.74) is 1.38. The molecule has 198 valence electrons. The largest absolute Gasteiger partial charge is 0.493 e. The van der Waals surface area contributed by atoms with Crippen LogP contribution in [0.5, 0.6) is 23.0 Å². The van der Waals surface area contributed by atoms with Gasteiger partial charge in [-0.25, -0.2) is 0 Å². The van der Waals surface area contributed by atoms with Crippen molar-refractivity contribution in [1.29, 1.82) is 0 Å². The second-order valence-electron chi connectivity index (χ2n) is 8.02. The molecule has 0 aliphatic heterocycles. The second-order valence-corrected chi connectivity index (χ2v) is 8.02. The van der Waals surface area contributed by atoms with Crippen LogP contribution >= 0.6 is 0 Å². The van der Waals surface area contributed by atoms with Gasteiger partial charge in [-0.3, -0.25) is 14.4 Å². The van der Waals surface area contributed by atoms with Crippen molar-refractivity contribution in [3.05, 3.63) is 59.7 Å². The van der Waals surface area contributed by atoms with Gasteiger partial charge in [0.05, 0.1) is 34.4 Å². The summed E-state index contributed by atoms with van der Waals surface area (Å²) in [6, 6.07) is 10.4. The van der Waals surface area contributed by atoms with Crippen molar-refractivity contribution >= 4 is 29.6 Å². The first-order valence-electron chi connectivity index (χ1n) is 12.0. The van der Waals surface area contributed by atoms with Crippen molar-refractivity contribution in [3.63, 3.8) is 0 Å². The van der Waals surface area contributed by atoms with Crippen LogP contribution in [0.25, 0.3) is 12.2 Å². The Morgan fingerprint density at radius 3 is 1.46 bits per heavy atom. The van der Waals surface area contributed by atoms with Gasteiger partial charge >= 0.3 is 0 Å². The number of amides is 1. The minimum Gasteiger partial charge on any atom is -0.493 e. The number of rotatable bonds is 14. The zero-order valence-electron chi connectivity index (χ0n) is 22.3. The summed E-state index contributed by atoms with van der Waals surface area (Å²) in [6.07, 6.45) is 5.61. The first kappa shape index (κ1) is 29.2. The number of ketones is 2. The van der Waals surface area contributed by atoms with Gasteiger partial charge in [-0.1, -0.05) is 24.3 Å². The predicted molar refractivity (Wildman–Crippen MR) is 143 cm³/mol. The number of hydrogen-bond donors (Lipinski definition) is 0. The fraction of sp³-hybridized carbons (Fsp3) is 0.345. The molecular weight excluding hydrogens is 474 g/mol. The lowest BCUT2D eigenvalue weighted by molar-refractivity contribution is -0.137. The molecule has 0 fully saturated rings. The number of carbonyl (C=O) groups excluding carboxylic acids is 3. The number of ether oxygens (including phenoxy) is 4. The van der Waals surface area contributed by atoms with Crippen molar-refractivity contribution in [1.82, 2.24) is 4.90 Å². The van der Waals surface area contributed by atoms with Crippen LogP contribution in [-0.2, 0) is 14.4 Å². The highest BCUT2D eigenvalue weighted by molar-refractivity contribution is 6.15. The lowest BCUT2D eigenvalue weighted by atomic mass is 9.92. The van der Waals surface area contributed by atoms with Crippen molar-refractivity contribution < 1.29 is 33.3 Å². The summed E-state index contributed by atoms with van der Waals surface area (Å²) in [5.74, 6) is -0.182. The van der Waals surface area contributed by atoms with Gasteiger partial charge in [0.25, 0.3) is 0 Å². The number of carbonyl (C=O) groups is 3. The Labute approximate surface area is 218 Å². The highest BCUT2D eigenvalue weighted by Crippen LogP contribution is 2.29. The van der Waals surface area contributed by atoms with Gasteiger partial charge in [0.2, 0.25) is 5.91 Å². The van der Waals surface area contributed by atoms with E-state index in [1.165, 1.54) is 40.6 Å². The van der Waals surface area contributed by atoms with E-state index in [1.807, 2.05) is 13.8 Å². The Bertz CT molecular complexity index is 1070. The van der Waals surface area contributed by atoms with Crippen molar-refractivity contribution in [3.8, 4) is 23.0 Å². The molecule has 0 saturated heterocycles. The fourth-order valence-corrected chi connectivity index (χ4v) is 3.72. The SMILES string of the molecule is CCN(CC)C(=O)CC(C(=O)C=Cc1ccc(OC)c(OC)c1)C(=O)C=Cc1ccc(OC)c(OC)c1. The third kappa shape index (κ3) is 7.96. The van der Waals surface area contributed by atoms with Gasteiger partial charge in [0.1, 0.15) is 0 Å². The molecule has 0 aliphatic rings. The number of hydrogen-bond acceptors (Lipinski definition) is 7. The maximum Gasteiger partial charge on any atom is 0.223 e. The Kier molecular flexibility index (Phi) is 11.4. The lowest BCUT2D eigenvalue weighted by Crippen LogP contribution is -2.35. The highest BCUT2D eigenvalue weighted by Gasteiger charge is 2.27. The topological polar surface area (TPSA) is 91.4 Å². The molecule has 0 bridgehead atoms. The van der Waals surface area contributed by atoms with Crippen LogP contribution in [0.2, 0.25) is 0 Å². The fourth-order valence-electron chi connectivity index (χ4n) is 3.72. The standard InChI is InChI=1S/C29H35NO7/c1-7-30(8-2)29(33)19-22(23(31)13-9-20-11-15-25(34-3)27(17-20)36-5)24(32)14-10-21-12-16-26(35-4)28(18-21)37-6/h9-18,22H,7-8,19H2,1-6H3. The molecular formula is C29H35NO7. The minimum absolute atomic E-state index is 0.216. The number of nitrogens with zero attached hydrogens (tertiary/aromatic N) is 1. The number of allylic oxidation sites excluding steroid dienone is 2. The van der Waals surface area contributed by atoms with E-state index in [9.17, 15) is 14.4 Å². The van der Waals surface area contributed by atoms with Crippen LogP contribution in [0, 0.1) is 5.92 Å². The minimum atomic E-state index is -1.15. The summed E-state index contributed by atoms with van der Waals surface area (Å²) in [6.45, 7) is 4.70.